The molecule has 4 aromatic carbocycles. The lowest BCUT2D eigenvalue weighted by atomic mass is 9.92. The number of nitrogens with zero attached hydrogens (tertiary/aromatic N) is 2. The van der Waals surface area contributed by atoms with Crippen molar-refractivity contribution < 1.29 is 0 Å². The van der Waals surface area contributed by atoms with E-state index in [1.807, 2.05) is 65.8 Å². The van der Waals surface area contributed by atoms with Crippen molar-refractivity contribution in [3.63, 3.8) is 0 Å². The quantitative estimate of drug-likeness (QED) is 0.0696. The number of rotatable bonds is 8. The van der Waals surface area contributed by atoms with Gasteiger partial charge in [-0.25, -0.2) is 0 Å². The van der Waals surface area contributed by atoms with E-state index in [2.05, 4.69) is 178 Å². The number of thiol groups is 1. The molecule has 0 aliphatic heterocycles. The normalized spacial score (nSPS) is 14.6. The Morgan fingerprint density at radius 1 is 0.898 bits per heavy atom. The first-order valence-corrected chi connectivity index (χ1v) is 22.1. The van der Waals surface area contributed by atoms with Crippen molar-refractivity contribution in [3.05, 3.63) is 170 Å². The molecule has 0 bridgehead atoms. The molecule has 4 heteroatoms. The molecule has 8 rings (SSSR count). The Morgan fingerprint density at radius 3 is 2.27 bits per heavy atom. The molecule has 0 spiro atoms. The van der Waals surface area contributed by atoms with E-state index in [0.717, 1.165) is 35.4 Å². The summed E-state index contributed by atoms with van der Waals surface area (Å²) in [6.07, 6.45) is 24.5. The maximum absolute atomic E-state index is 6.35. The Balaban J connectivity index is 0.000000230. The molecule has 5 aromatic rings. The minimum absolute atomic E-state index is 0.416. The average Bonchev–Trinajstić information content (AvgIpc) is 4.03. The van der Waals surface area contributed by atoms with Gasteiger partial charge >= 0.3 is 0 Å². The number of para-hydroxylation sites is 1. The highest BCUT2D eigenvalue weighted by Gasteiger charge is 2.22. The number of aromatic nitrogens is 1. The summed E-state index contributed by atoms with van der Waals surface area (Å²) in [4.78, 5) is 3.28. The van der Waals surface area contributed by atoms with E-state index in [1.165, 1.54) is 66.4 Å². The van der Waals surface area contributed by atoms with Gasteiger partial charge in [-0.05, 0) is 97.8 Å². The molecule has 3 aliphatic rings. The number of allylic oxidation sites excluding steroid dienone is 7. The van der Waals surface area contributed by atoms with Gasteiger partial charge in [0.15, 0.2) is 0 Å². The molecule has 0 radical (unpaired) electrons. The van der Waals surface area contributed by atoms with Crippen LogP contribution in [0.1, 0.15) is 115 Å². The predicted molar refractivity (Wildman–Crippen MR) is 267 cm³/mol. The molecule has 1 heterocycles. The first kappa shape index (κ1) is 46.3. The number of anilines is 2. The minimum Gasteiger partial charge on any atom is -0.398 e. The van der Waals surface area contributed by atoms with E-state index in [4.69, 9.17) is 5.73 Å². The van der Waals surface area contributed by atoms with Crippen molar-refractivity contribution in [2.75, 3.05) is 11.9 Å². The van der Waals surface area contributed by atoms with Gasteiger partial charge < -0.3 is 15.2 Å². The summed E-state index contributed by atoms with van der Waals surface area (Å²) < 4.78 is 2.33. The van der Waals surface area contributed by atoms with Crippen molar-refractivity contribution in [1.29, 1.82) is 0 Å². The number of aryl methyl sites for hydroxylation is 1. The second-order valence-electron chi connectivity index (χ2n) is 14.5. The van der Waals surface area contributed by atoms with Crippen LogP contribution in [0.4, 0.5) is 11.4 Å². The summed E-state index contributed by atoms with van der Waals surface area (Å²) in [6.45, 7) is 20.9. The van der Waals surface area contributed by atoms with Crippen molar-refractivity contribution in [2.24, 2.45) is 11.7 Å². The molecule has 308 valence electrons. The molecular weight excluding hydrogens is 735 g/mol. The van der Waals surface area contributed by atoms with E-state index in [-0.39, 0.29) is 0 Å². The third-order valence-corrected chi connectivity index (χ3v) is 10.9. The van der Waals surface area contributed by atoms with E-state index in [9.17, 15) is 0 Å². The summed E-state index contributed by atoms with van der Waals surface area (Å²) in [5.41, 5.74) is 21.7. The van der Waals surface area contributed by atoms with Crippen LogP contribution in [0.5, 0.6) is 0 Å². The highest BCUT2D eigenvalue weighted by molar-refractivity contribution is 7.84. The van der Waals surface area contributed by atoms with Gasteiger partial charge in [0.2, 0.25) is 0 Å². The molecule has 0 fully saturated rings. The SMILES string of the molecule is C/C=C\C=C/C.CC.CC.CC/C=C\C(CC)c1cc(C)ccc1N(C)c1ccc2c3c(ccc2c1)CC(S)=C3N.CC1C=c2c3c(n(-c4ccccc4)c2=C1)C=C=C3. The minimum atomic E-state index is 0.416. The Bertz CT molecular complexity index is 2490. The molecule has 0 saturated carbocycles. The summed E-state index contributed by atoms with van der Waals surface area (Å²) >= 11 is 4.57. The molecule has 2 atom stereocenters. The molecule has 3 aliphatic carbocycles. The fourth-order valence-electron chi connectivity index (χ4n) is 7.75. The molecule has 1 aromatic heterocycles. The van der Waals surface area contributed by atoms with Crippen LogP contribution in [0.3, 0.4) is 0 Å². The monoisotopic (exact) mass is 802 g/mol. The fraction of sp³-hybridized carbons (Fsp3) is 0.291. The fourth-order valence-corrected chi connectivity index (χ4v) is 8.04. The van der Waals surface area contributed by atoms with Gasteiger partial charge in [0.25, 0.3) is 0 Å². The zero-order valence-corrected chi connectivity index (χ0v) is 38.4. The van der Waals surface area contributed by atoms with E-state index < -0.39 is 0 Å². The third kappa shape index (κ3) is 10.6. The zero-order chi connectivity index (χ0) is 43.1. The van der Waals surface area contributed by atoms with Gasteiger partial charge in [0, 0.05) is 69.5 Å². The van der Waals surface area contributed by atoms with Crippen molar-refractivity contribution in [2.45, 2.75) is 94.4 Å². The van der Waals surface area contributed by atoms with Crippen molar-refractivity contribution >= 4 is 64.8 Å². The summed E-state index contributed by atoms with van der Waals surface area (Å²) in [6, 6.07) is 28.4. The molecule has 3 nitrogen and oxygen atoms in total. The summed E-state index contributed by atoms with van der Waals surface area (Å²) in [5.74, 6) is 0.934. The van der Waals surface area contributed by atoms with Crippen LogP contribution in [0.2, 0.25) is 0 Å². The van der Waals surface area contributed by atoms with Crippen LogP contribution in [-0.4, -0.2) is 11.6 Å². The average molecular weight is 802 g/mol. The lowest BCUT2D eigenvalue weighted by Gasteiger charge is -2.26. The molecular formula is C55H67N3S. The predicted octanol–water partition coefficient (Wildman–Crippen LogP) is 14.0. The highest BCUT2D eigenvalue weighted by Crippen LogP contribution is 2.40. The van der Waals surface area contributed by atoms with Crippen LogP contribution in [0.25, 0.3) is 46.5 Å². The second kappa shape index (κ2) is 22.7. The highest BCUT2D eigenvalue weighted by atomic mass is 32.1. The zero-order valence-electron chi connectivity index (χ0n) is 37.5. The van der Waals surface area contributed by atoms with Crippen LogP contribution in [0, 0.1) is 12.8 Å². The lowest BCUT2D eigenvalue weighted by molar-refractivity contribution is 0.798. The molecule has 0 saturated heterocycles. The number of hydrogen-bond donors (Lipinski definition) is 2. The van der Waals surface area contributed by atoms with Gasteiger partial charge in [0.1, 0.15) is 0 Å². The Kier molecular flexibility index (Phi) is 17.8. The first-order valence-electron chi connectivity index (χ1n) is 21.6. The number of fused-ring (bicyclic) bond motifs is 6. The molecule has 2 unspecified atom stereocenters. The van der Waals surface area contributed by atoms with E-state index in [0.29, 0.717) is 11.8 Å². The number of hydrogen-bond acceptors (Lipinski definition) is 3. The summed E-state index contributed by atoms with van der Waals surface area (Å²) in [5, 5.41) is 5.11. The smallest absolute Gasteiger partial charge is 0.0624 e. The van der Waals surface area contributed by atoms with Crippen LogP contribution in [0.15, 0.2) is 126 Å². The Labute approximate surface area is 361 Å². The van der Waals surface area contributed by atoms with Gasteiger partial charge in [-0.3, -0.25) is 0 Å². The Hall–Kier alpha value is -5.41. The number of nitrogens with two attached hydrogens (primary N) is 1. The standard InChI is InChI=1S/C28H32N2S.C17H13N.C6H10.2C2H6/c1-5-7-8-19(6-2)24-15-18(3)9-14-25(24)30(4)22-12-13-23-20(16-22)10-11-21-17-26(31)28(29)27(21)23;1-12-10-15-14-8-5-9-16(14)18(17(15)11-12)13-6-3-2-4-7-13;1-3-5-6-4-2;2*1-2/h7-16,19,31H,5-6,17,29H2,1-4H3;2-4,6-12H,1H3;3-6H,1-2H3;2*1-2H3/b8-7-;;5-3-,6-4-;;. The first-order chi connectivity index (χ1) is 28.7. The van der Waals surface area contributed by atoms with E-state index >= 15 is 0 Å². The Morgan fingerprint density at radius 2 is 1.61 bits per heavy atom. The maximum atomic E-state index is 6.35. The van der Waals surface area contributed by atoms with Gasteiger partial charge in [-0.15, -0.1) is 18.4 Å². The van der Waals surface area contributed by atoms with Crippen LogP contribution < -0.4 is 21.2 Å². The van der Waals surface area contributed by atoms with Gasteiger partial charge in [0.05, 0.1) is 11.0 Å². The number of benzene rings is 4. The second-order valence-corrected chi connectivity index (χ2v) is 15.0. The lowest BCUT2D eigenvalue weighted by Crippen LogP contribution is -2.26. The molecule has 59 heavy (non-hydrogen) atoms. The maximum Gasteiger partial charge on any atom is 0.0624 e. The van der Waals surface area contributed by atoms with Crippen molar-refractivity contribution in [1.82, 2.24) is 4.57 Å². The summed E-state index contributed by atoms with van der Waals surface area (Å²) in [7, 11) is 2.17. The van der Waals surface area contributed by atoms with Crippen LogP contribution in [-0.2, 0) is 6.42 Å². The largest absolute Gasteiger partial charge is 0.398 e. The van der Waals surface area contributed by atoms with E-state index in [1.54, 1.807) is 0 Å². The van der Waals surface area contributed by atoms with Crippen LogP contribution >= 0.6 is 12.6 Å². The molecule has 0 amide bonds. The topological polar surface area (TPSA) is 34.2 Å². The molecule has 2 N–H and O–H groups in total. The van der Waals surface area contributed by atoms with Gasteiger partial charge in [-0.2, -0.15) is 0 Å². The van der Waals surface area contributed by atoms with Crippen molar-refractivity contribution in [3.8, 4) is 5.69 Å². The van der Waals surface area contributed by atoms with Gasteiger partial charge in [-0.1, -0.05) is 151 Å². The third-order valence-electron chi connectivity index (χ3n) is 10.5.